The first-order valence-corrected chi connectivity index (χ1v) is 7.42. The Kier molecular flexibility index (Phi) is 5.49. The Morgan fingerprint density at radius 2 is 2.33 bits per heavy atom. The fraction of sp³-hybridized carbons (Fsp3) is 0.636. The molecule has 0 aliphatic carbocycles. The number of carbonyl (C=O) groups is 1. The number of carboxylic acid groups (broad SMARTS) is 1. The molecule has 0 aliphatic rings. The van der Waals surface area contributed by atoms with Gasteiger partial charge in [-0.3, -0.25) is 8.89 Å². The molecule has 102 valence electrons. The van der Waals surface area contributed by atoms with E-state index < -0.39 is 16.8 Å². The summed E-state index contributed by atoms with van der Waals surface area (Å²) in [5, 5.41) is 16.2. The summed E-state index contributed by atoms with van der Waals surface area (Å²) < 4.78 is 12.5. The molecule has 0 saturated carbocycles. The third-order valence-corrected chi connectivity index (χ3v) is 3.56. The van der Waals surface area contributed by atoms with Crippen molar-refractivity contribution in [1.82, 2.24) is 15.1 Å². The maximum atomic E-state index is 11.0. The van der Waals surface area contributed by atoms with Crippen molar-refractivity contribution >= 4 is 16.8 Å². The lowest BCUT2D eigenvalue weighted by Gasteiger charge is -2.13. The summed E-state index contributed by atoms with van der Waals surface area (Å²) in [5.74, 6) is -0.326. The first kappa shape index (κ1) is 14.8. The summed E-state index contributed by atoms with van der Waals surface area (Å²) in [4.78, 5) is 11.0. The molecule has 1 aromatic rings. The molecule has 1 aromatic heterocycles. The molecule has 7 heteroatoms. The molecule has 0 amide bonds. The molecule has 0 fully saturated rings. The second-order valence-corrected chi connectivity index (χ2v) is 5.84. The van der Waals surface area contributed by atoms with Crippen LogP contribution in [0.2, 0.25) is 0 Å². The largest absolute Gasteiger partial charge is 0.478 e. The van der Waals surface area contributed by atoms with Crippen LogP contribution >= 0.6 is 0 Å². The Morgan fingerprint density at radius 1 is 1.67 bits per heavy atom. The molecular weight excluding hydrogens is 254 g/mol. The van der Waals surface area contributed by atoms with Gasteiger partial charge in [-0.2, -0.15) is 5.10 Å². The van der Waals surface area contributed by atoms with Gasteiger partial charge in [0.25, 0.3) is 0 Å². The van der Waals surface area contributed by atoms with Crippen molar-refractivity contribution < 1.29 is 14.1 Å². The van der Waals surface area contributed by atoms with Crippen LogP contribution in [0.3, 0.4) is 0 Å². The lowest BCUT2D eigenvalue weighted by atomic mass is 10.2. The van der Waals surface area contributed by atoms with Crippen molar-refractivity contribution in [3.8, 4) is 0 Å². The summed E-state index contributed by atoms with van der Waals surface area (Å²) in [6, 6.07) is 0.186. The van der Waals surface area contributed by atoms with Gasteiger partial charge < -0.3 is 10.4 Å². The first-order chi connectivity index (χ1) is 8.41. The maximum absolute atomic E-state index is 11.0. The molecule has 0 saturated heterocycles. The van der Waals surface area contributed by atoms with Crippen molar-refractivity contribution in [2.24, 2.45) is 7.05 Å². The van der Waals surface area contributed by atoms with E-state index in [1.807, 2.05) is 6.92 Å². The highest BCUT2D eigenvalue weighted by atomic mass is 32.2. The standard InChI is InChI=1S/C11H19N3O3S/c1-8(4-5-18(3)17)12-7-10-9(11(15)16)6-13-14(10)2/h6,8,12H,4-5,7H2,1-3H3,(H,15,16). The predicted octanol–water partition coefficient (Wildman–Crippen LogP) is 0.365. The van der Waals surface area contributed by atoms with Crippen LogP contribution in [0.5, 0.6) is 0 Å². The Labute approximate surface area is 109 Å². The van der Waals surface area contributed by atoms with E-state index in [-0.39, 0.29) is 11.6 Å². The van der Waals surface area contributed by atoms with Gasteiger partial charge in [-0.05, 0) is 13.3 Å². The highest BCUT2D eigenvalue weighted by Gasteiger charge is 2.15. The number of aromatic nitrogens is 2. The zero-order valence-electron chi connectivity index (χ0n) is 10.8. The Hall–Kier alpha value is -1.21. The third-order valence-electron chi connectivity index (χ3n) is 2.75. The fourth-order valence-electron chi connectivity index (χ4n) is 1.57. The van der Waals surface area contributed by atoms with E-state index >= 15 is 0 Å². The number of hydrogen-bond acceptors (Lipinski definition) is 4. The molecule has 1 heterocycles. The molecule has 18 heavy (non-hydrogen) atoms. The van der Waals surface area contributed by atoms with Crippen LogP contribution in [0, 0.1) is 0 Å². The van der Waals surface area contributed by atoms with Crippen molar-refractivity contribution in [3.63, 3.8) is 0 Å². The lowest BCUT2D eigenvalue weighted by molar-refractivity contribution is 0.0695. The molecule has 2 atom stereocenters. The second kappa shape index (κ2) is 6.65. The van der Waals surface area contributed by atoms with Crippen LogP contribution in [-0.2, 0) is 24.4 Å². The topological polar surface area (TPSA) is 84.2 Å². The van der Waals surface area contributed by atoms with E-state index in [0.717, 1.165) is 6.42 Å². The van der Waals surface area contributed by atoms with Crippen molar-refractivity contribution in [1.29, 1.82) is 0 Å². The Morgan fingerprint density at radius 3 is 2.89 bits per heavy atom. The van der Waals surface area contributed by atoms with Gasteiger partial charge in [0.1, 0.15) is 5.56 Å². The highest BCUT2D eigenvalue weighted by molar-refractivity contribution is 7.84. The second-order valence-electron chi connectivity index (χ2n) is 4.28. The quantitative estimate of drug-likeness (QED) is 0.749. The minimum absolute atomic E-state index is 0.186. The average molecular weight is 273 g/mol. The van der Waals surface area contributed by atoms with E-state index in [9.17, 15) is 9.00 Å². The van der Waals surface area contributed by atoms with Crippen LogP contribution in [0.4, 0.5) is 0 Å². The summed E-state index contributed by atoms with van der Waals surface area (Å²) in [6.45, 7) is 2.43. The van der Waals surface area contributed by atoms with Gasteiger partial charge >= 0.3 is 5.97 Å². The molecule has 0 aromatic carbocycles. The third kappa shape index (κ3) is 4.23. The van der Waals surface area contributed by atoms with Gasteiger partial charge in [-0.1, -0.05) is 0 Å². The van der Waals surface area contributed by atoms with E-state index in [0.29, 0.717) is 18.0 Å². The molecule has 0 spiro atoms. The number of hydrogen-bond donors (Lipinski definition) is 2. The number of nitrogens with one attached hydrogen (secondary N) is 1. The smallest absolute Gasteiger partial charge is 0.339 e. The van der Waals surface area contributed by atoms with Crippen LogP contribution in [0.1, 0.15) is 29.4 Å². The highest BCUT2D eigenvalue weighted by Crippen LogP contribution is 2.07. The summed E-state index contributed by atoms with van der Waals surface area (Å²) in [5.41, 5.74) is 0.864. The van der Waals surface area contributed by atoms with Gasteiger partial charge in [0.2, 0.25) is 0 Å². The average Bonchev–Trinajstić information content (AvgIpc) is 2.65. The van der Waals surface area contributed by atoms with Crippen molar-refractivity contribution in [2.75, 3.05) is 12.0 Å². The Balaban J connectivity index is 2.55. The van der Waals surface area contributed by atoms with Crippen molar-refractivity contribution in [3.05, 3.63) is 17.5 Å². The van der Waals surface area contributed by atoms with Gasteiger partial charge in [0.15, 0.2) is 0 Å². The van der Waals surface area contributed by atoms with Crippen LogP contribution in [0.15, 0.2) is 6.20 Å². The maximum Gasteiger partial charge on any atom is 0.339 e. The minimum atomic E-state index is -0.970. The molecule has 2 unspecified atom stereocenters. The number of aromatic carboxylic acids is 1. The summed E-state index contributed by atoms with van der Waals surface area (Å²) >= 11 is 0. The molecule has 6 nitrogen and oxygen atoms in total. The van der Waals surface area contributed by atoms with Crippen LogP contribution in [-0.4, -0.2) is 43.1 Å². The number of aryl methyl sites for hydroxylation is 1. The van der Waals surface area contributed by atoms with Gasteiger partial charge in [0.05, 0.1) is 11.9 Å². The van der Waals surface area contributed by atoms with Crippen LogP contribution in [0.25, 0.3) is 0 Å². The summed E-state index contributed by atoms with van der Waals surface area (Å²) in [6.07, 6.45) is 3.82. The number of nitrogens with zero attached hydrogens (tertiary/aromatic N) is 2. The Bertz CT molecular complexity index is 445. The molecule has 0 radical (unpaired) electrons. The minimum Gasteiger partial charge on any atom is -0.478 e. The van der Waals surface area contributed by atoms with Gasteiger partial charge in [-0.25, -0.2) is 4.79 Å². The molecule has 0 bridgehead atoms. The summed E-state index contributed by atoms with van der Waals surface area (Å²) in [7, 11) is 0.923. The molecule has 1 rings (SSSR count). The van der Waals surface area contributed by atoms with Gasteiger partial charge in [0, 0.05) is 42.4 Å². The predicted molar refractivity (Wildman–Crippen MR) is 70.0 cm³/mol. The van der Waals surface area contributed by atoms with Gasteiger partial charge in [-0.15, -0.1) is 0 Å². The number of carboxylic acids is 1. The molecule has 0 aliphatic heterocycles. The first-order valence-electron chi connectivity index (χ1n) is 5.69. The van der Waals surface area contributed by atoms with E-state index in [1.54, 1.807) is 18.0 Å². The van der Waals surface area contributed by atoms with E-state index in [1.165, 1.54) is 6.20 Å². The fourth-order valence-corrected chi connectivity index (χ4v) is 2.25. The van der Waals surface area contributed by atoms with E-state index in [4.69, 9.17) is 5.11 Å². The van der Waals surface area contributed by atoms with E-state index in [2.05, 4.69) is 10.4 Å². The molecule has 2 N–H and O–H groups in total. The lowest BCUT2D eigenvalue weighted by Crippen LogP contribution is -2.28. The SMILES string of the molecule is CC(CCS(C)=O)NCc1c(C(=O)O)cnn1C. The van der Waals surface area contributed by atoms with Crippen LogP contribution < -0.4 is 5.32 Å². The zero-order valence-corrected chi connectivity index (χ0v) is 11.7. The molecular formula is C11H19N3O3S. The number of rotatable bonds is 7. The normalized spacial score (nSPS) is 14.4. The van der Waals surface area contributed by atoms with Crippen molar-refractivity contribution in [2.45, 2.75) is 25.9 Å². The monoisotopic (exact) mass is 273 g/mol. The zero-order chi connectivity index (χ0) is 13.7.